The molecular formula is C20H22N2O5. The van der Waals surface area contributed by atoms with Crippen LogP contribution in [0.4, 0.5) is 5.69 Å². The fourth-order valence-corrected chi connectivity index (χ4v) is 2.80. The molecule has 142 valence electrons. The Kier molecular flexibility index (Phi) is 5.49. The molecule has 0 fully saturated rings. The largest absolute Gasteiger partial charge is 0.493 e. The average Bonchev–Trinajstić information content (AvgIpc) is 3.19. The molecular weight excluding hydrogens is 348 g/mol. The Bertz CT molecular complexity index is 836. The van der Waals surface area contributed by atoms with Gasteiger partial charge >= 0.3 is 0 Å². The predicted octanol–water partition coefficient (Wildman–Crippen LogP) is 3.15. The summed E-state index contributed by atoms with van der Waals surface area (Å²) in [7, 11) is 4.64. The number of hydrogen-bond donors (Lipinski definition) is 1. The minimum absolute atomic E-state index is 0.245. The first-order valence-electron chi connectivity index (χ1n) is 8.46. The van der Waals surface area contributed by atoms with Crippen molar-refractivity contribution in [2.75, 3.05) is 26.6 Å². The first-order chi connectivity index (χ1) is 13.0. The van der Waals surface area contributed by atoms with Gasteiger partial charge in [0.25, 0.3) is 5.91 Å². The zero-order valence-corrected chi connectivity index (χ0v) is 15.7. The molecule has 2 aromatic carbocycles. The molecule has 0 radical (unpaired) electrons. The van der Waals surface area contributed by atoms with E-state index < -0.39 is 6.10 Å². The number of oxime groups is 1. The highest BCUT2D eigenvalue weighted by Gasteiger charge is 2.30. The predicted molar refractivity (Wildman–Crippen MR) is 102 cm³/mol. The number of benzene rings is 2. The summed E-state index contributed by atoms with van der Waals surface area (Å²) in [5, 5.41) is 6.91. The summed E-state index contributed by atoms with van der Waals surface area (Å²) in [5.74, 6) is 1.28. The van der Waals surface area contributed by atoms with Crippen molar-refractivity contribution in [1.82, 2.24) is 0 Å². The smallest absolute Gasteiger partial charge is 0.268 e. The van der Waals surface area contributed by atoms with E-state index in [1.165, 1.54) is 0 Å². The molecule has 1 aliphatic rings. The molecule has 27 heavy (non-hydrogen) atoms. The Morgan fingerprint density at radius 1 is 1.07 bits per heavy atom. The second-order valence-electron chi connectivity index (χ2n) is 6.11. The van der Waals surface area contributed by atoms with Crippen LogP contribution >= 0.6 is 0 Å². The second-order valence-corrected chi connectivity index (χ2v) is 6.11. The Labute approximate surface area is 157 Å². The van der Waals surface area contributed by atoms with Gasteiger partial charge in [-0.1, -0.05) is 22.9 Å². The molecule has 0 saturated carbocycles. The van der Waals surface area contributed by atoms with E-state index in [0.717, 1.165) is 16.8 Å². The molecule has 0 aromatic heterocycles. The summed E-state index contributed by atoms with van der Waals surface area (Å²) in [6, 6.07) is 11.1. The van der Waals surface area contributed by atoms with Crippen LogP contribution in [0, 0.1) is 6.92 Å². The van der Waals surface area contributed by atoms with Crippen LogP contribution in [0.5, 0.6) is 17.2 Å². The van der Waals surface area contributed by atoms with Crippen molar-refractivity contribution in [3.8, 4) is 17.2 Å². The molecule has 1 amide bonds. The number of hydrogen-bond acceptors (Lipinski definition) is 6. The van der Waals surface area contributed by atoms with Gasteiger partial charge in [0, 0.05) is 17.7 Å². The molecule has 3 rings (SSSR count). The van der Waals surface area contributed by atoms with Crippen LogP contribution in [0.2, 0.25) is 0 Å². The number of carbonyl (C=O) groups excluding carboxylic acids is 1. The lowest BCUT2D eigenvalue weighted by Crippen LogP contribution is -2.28. The molecule has 1 N–H and O–H groups in total. The van der Waals surface area contributed by atoms with E-state index in [1.54, 1.807) is 33.5 Å². The SMILES string of the molecule is COc1cc(C2=NO[C@@H](C(=O)Nc3ccc(C)cc3)C2)cc(OC)c1OC. The lowest BCUT2D eigenvalue weighted by molar-refractivity contribution is -0.125. The number of methoxy groups -OCH3 is 3. The van der Waals surface area contributed by atoms with Crippen molar-refractivity contribution in [2.24, 2.45) is 5.16 Å². The van der Waals surface area contributed by atoms with Crippen LogP contribution in [0.25, 0.3) is 0 Å². The molecule has 7 heteroatoms. The fraction of sp³-hybridized carbons (Fsp3) is 0.300. The Morgan fingerprint density at radius 3 is 2.26 bits per heavy atom. The molecule has 0 saturated heterocycles. The highest BCUT2D eigenvalue weighted by molar-refractivity contribution is 6.06. The topological polar surface area (TPSA) is 78.4 Å². The second kappa shape index (κ2) is 7.99. The van der Waals surface area contributed by atoms with Crippen LogP contribution in [-0.4, -0.2) is 39.1 Å². The maximum absolute atomic E-state index is 12.4. The van der Waals surface area contributed by atoms with Crippen LogP contribution < -0.4 is 19.5 Å². The van der Waals surface area contributed by atoms with Gasteiger partial charge in [-0.25, -0.2) is 0 Å². The summed E-state index contributed by atoms with van der Waals surface area (Å²) in [6.45, 7) is 1.99. The van der Waals surface area contributed by atoms with Gasteiger partial charge in [-0.3, -0.25) is 4.79 Å². The highest BCUT2D eigenvalue weighted by Crippen LogP contribution is 2.39. The van der Waals surface area contributed by atoms with Crippen molar-refractivity contribution < 1.29 is 23.8 Å². The monoisotopic (exact) mass is 370 g/mol. The standard InChI is InChI=1S/C20H22N2O5/c1-12-5-7-14(8-6-12)21-20(23)18-11-15(22-27-18)13-9-16(24-2)19(26-4)17(10-13)25-3/h5-10,18H,11H2,1-4H3,(H,21,23)/t18-/m1/s1. The maximum Gasteiger partial charge on any atom is 0.268 e. The third-order valence-corrected chi connectivity index (χ3v) is 4.28. The van der Waals surface area contributed by atoms with Crippen molar-refractivity contribution >= 4 is 17.3 Å². The van der Waals surface area contributed by atoms with E-state index in [1.807, 2.05) is 31.2 Å². The van der Waals surface area contributed by atoms with Crippen LogP contribution in [0.1, 0.15) is 17.5 Å². The van der Waals surface area contributed by atoms with Crippen LogP contribution in [0.15, 0.2) is 41.6 Å². The van der Waals surface area contributed by atoms with Crippen LogP contribution in [-0.2, 0) is 9.63 Å². The molecule has 0 unspecified atom stereocenters. The molecule has 7 nitrogen and oxygen atoms in total. The minimum atomic E-state index is -0.694. The average molecular weight is 370 g/mol. The lowest BCUT2D eigenvalue weighted by Gasteiger charge is -2.14. The number of rotatable bonds is 6. The van der Waals surface area contributed by atoms with E-state index in [0.29, 0.717) is 29.4 Å². The molecule has 0 aliphatic carbocycles. The van der Waals surface area contributed by atoms with Gasteiger partial charge in [-0.15, -0.1) is 0 Å². The first-order valence-corrected chi connectivity index (χ1v) is 8.46. The lowest BCUT2D eigenvalue weighted by atomic mass is 10.0. The number of ether oxygens (including phenoxy) is 3. The fourth-order valence-electron chi connectivity index (χ4n) is 2.80. The molecule has 0 spiro atoms. The van der Waals surface area contributed by atoms with Gasteiger partial charge in [0.2, 0.25) is 11.9 Å². The Balaban J connectivity index is 1.73. The maximum atomic E-state index is 12.4. The highest BCUT2D eigenvalue weighted by atomic mass is 16.6. The van der Waals surface area contributed by atoms with Gasteiger partial charge < -0.3 is 24.4 Å². The zero-order chi connectivity index (χ0) is 19.4. The first kappa shape index (κ1) is 18.6. The molecule has 1 atom stereocenters. The minimum Gasteiger partial charge on any atom is -0.493 e. The Morgan fingerprint density at radius 2 is 1.70 bits per heavy atom. The number of nitrogens with one attached hydrogen (secondary N) is 1. The zero-order valence-electron chi connectivity index (χ0n) is 15.7. The van der Waals surface area contributed by atoms with Crippen molar-refractivity contribution in [3.63, 3.8) is 0 Å². The summed E-state index contributed by atoms with van der Waals surface area (Å²) in [6.07, 6.45) is -0.350. The van der Waals surface area contributed by atoms with Crippen molar-refractivity contribution in [2.45, 2.75) is 19.4 Å². The molecule has 0 bridgehead atoms. The van der Waals surface area contributed by atoms with E-state index in [2.05, 4.69) is 10.5 Å². The van der Waals surface area contributed by atoms with Crippen molar-refractivity contribution in [3.05, 3.63) is 47.5 Å². The summed E-state index contributed by atoms with van der Waals surface area (Å²) >= 11 is 0. The quantitative estimate of drug-likeness (QED) is 0.845. The van der Waals surface area contributed by atoms with Gasteiger partial charge in [0.05, 0.1) is 27.0 Å². The number of aryl methyl sites for hydroxylation is 1. The normalized spacial score (nSPS) is 15.6. The van der Waals surface area contributed by atoms with Crippen molar-refractivity contribution in [1.29, 1.82) is 0 Å². The number of nitrogens with zero attached hydrogens (tertiary/aromatic N) is 1. The summed E-state index contributed by atoms with van der Waals surface area (Å²) in [4.78, 5) is 17.8. The molecule has 2 aromatic rings. The third-order valence-electron chi connectivity index (χ3n) is 4.28. The molecule has 1 heterocycles. The van der Waals surface area contributed by atoms with Gasteiger partial charge in [-0.05, 0) is 31.2 Å². The van der Waals surface area contributed by atoms with E-state index in [4.69, 9.17) is 19.0 Å². The van der Waals surface area contributed by atoms with E-state index in [9.17, 15) is 4.79 Å². The van der Waals surface area contributed by atoms with Gasteiger partial charge in [0.15, 0.2) is 11.5 Å². The third kappa shape index (κ3) is 3.97. The van der Waals surface area contributed by atoms with Gasteiger partial charge in [-0.2, -0.15) is 0 Å². The van der Waals surface area contributed by atoms with Gasteiger partial charge in [0.1, 0.15) is 0 Å². The number of anilines is 1. The molecule has 1 aliphatic heterocycles. The number of carbonyl (C=O) groups is 1. The van der Waals surface area contributed by atoms with Crippen LogP contribution in [0.3, 0.4) is 0 Å². The summed E-state index contributed by atoms with van der Waals surface area (Å²) in [5.41, 5.74) is 3.22. The Hall–Kier alpha value is -3.22. The van der Waals surface area contributed by atoms with E-state index in [-0.39, 0.29) is 5.91 Å². The summed E-state index contributed by atoms with van der Waals surface area (Å²) < 4.78 is 16.0. The number of amides is 1. The van der Waals surface area contributed by atoms with E-state index >= 15 is 0 Å².